The smallest absolute Gasteiger partial charge is 0.416 e. The lowest BCUT2D eigenvalue weighted by molar-refractivity contribution is -0.138. The summed E-state index contributed by atoms with van der Waals surface area (Å²) in [7, 11) is -1.68. The predicted octanol–water partition coefficient (Wildman–Crippen LogP) is 3.06. The number of carboxylic acid groups (broad SMARTS) is 1. The van der Waals surface area contributed by atoms with Crippen LogP contribution in [-0.2, 0) is 27.5 Å². The normalized spacial score (nSPS) is 15.1. The molecule has 0 heterocycles. The van der Waals surface area contributed by atoms with Crippen LogP contribution in [0.2, 0.25) is 0 Å². The fraction of sp³-hybridized carbons (Fsp3) is 0.462. The molecule has 0 saturated carbocycles. The summed E-state index contributed by atoms with van der Waals surface area (Å²) in [6.45, 7) is 3.28. The van der Waals surface area contributed by atoms with Gasteiger partial charge in [0, 0.05) is 16.6 Å². The van der Waals surface area contributed by atoms with Gasteiger partial charge in [0.2, 0.25) is 0 Å². The zero-order valence-corrected chi connectivity index (χ0v) is 11.8. The molecule has 0 aromatic heterocycles. The molecule has 2 atom stereocenters. The minimum atomic E-state index is -4.42. The molecule has 0 aliphatic carbocycles. The van der Waals surface area contributed by atoms with Crippen LogP contribution < -0.4 is 0 Å². The molecule has 0 radical (unpaired) electrons. The van der Waals surface area contributed by atoms with Crippen LogP contribution in [0.3, 0.4) is 0 Å². The Morgan fingerprint density at radius 3 is 2.10 bits per heavy atom. The molecular weight excluding hydrogens is 293 g/mol. The maximum Gasteiger partial charge on any atom is 0.416 e. The first kappa shape index (κ1) is 16.7. The number of halogens is 3. The topological polar surface area (TPSA) is 54.4 Å². The van der Waals surface area contributed by atoms with Gasteiger partial charge < -0.3 is 5.11 Å². The molecule has 1 rings (SSSR count). The number of carboxylic acids is 1. The molecule has 0 aliphatic heterocycles. The van der Waals surface area contributed by atoms with Crippen molar-refractivity contribution in [2.24, 2.45) is 5.92 Å². The van der Waals surface area contributed by atoms with Gasteiger partial charge >= 0.3 is 12.1 Å². The van der Waals surface area contributed by atoms with Crippen LogP contribution in [0.5, 0.6) is 0 Å². The number of alkyl halides is 3. The average Bonchev–Trinajstić information content (AvgIpc) is 2.26. The Hall–Kier alpha value is -1.37. The van der Waals surface area contributed by atoms with Crippen LogP contribution in [-0.4, -0.2) is 20.5 Å². The van der Waals surface area contributed by atoms with Crippen molar-refractivity contribution in [2.45, 2.75) is 31.0 Å². The maximum atomic E-state index is 12.4. The van der Waals surface area contributed by atoms with E-state index in [0.717, 1.165) is 12.1 Å². The molecule has 7 heteroatoms. The van der Waals surface area contributed by atoms with E-state index in [1.807, 2.05) is 0 Å². The summed E-state index contributed by atoms with van der Waals surface area (Å²) < 4.78 is 49.1. The van der Waals surface area contributed by atoms with Crippen LogP contribution in [0.4, 0.5) is 13.2 Å². The first-order valence-corrected chi connectivity index (χ1v) is 7.27. The molecule has 0 fully saturated rings. The molecule has 3 nitrogen and oxygen atoms in total. The lowest BCUT2D eigenvalue weighted by atomic mass is 10.1. The van der Waals surface area contributed by atoms with E-state index >= 15 is 0 Å². The highest BCUT2D eigenvalue weighted by Gasteiger charge is 2.31. The molecule has 20 heavy (non-hydrogen) atoms. The van der Waals surface area contributed by atoms with Gasteiger partial charge in [0.15, 0.2) is 0 Å². The van der Waals surface area contributed by atoms with Gasteiger partial charge in [0.1, 0.15) is 5.25 Å². The van der Waals surface area contributed by atoms with Crippen LogP contribution in [0.25, 0.3) is 0 Å². The quantitative estimate of drug-likeness (QED) is 0.909. The van der Waals surface area contributed by atoms with E-state index in [9.17, 15) is 22.2 Å². The first-order valence-electron chi connectivity index (χ1n) is 5.89. The van der Waals surface area contributed by atoms with Gasteiger partial charge in [-0.3, -0.25) is 9.00 Å². The van der Waals surface area contributed by atoms with Crippen LogP contribution >= 0.6 is 0 Å². The van der Waals surface area contributed by atoms with Gasteiger partial charge in [-0.15, -0.1) is 0 Å². The Morgan fingerprint density at radius 1 is 1.25 bits per heavy atom. The predicted molar refractivity (Wildman–Crippen MR) is 69.6 cm³/mol. The van der Waals surface area contributed by atoms with Crippen LogP contribution in [0.1, 0.15) is 25.0 Å². The average molecular weight is 308 g/mol. The summed E-state index contributed by atoms with van der Waals surface area (Å²) in [5, 5.41) is 7.97. The summed E-state index contributed by atoms with van der Waals surface area (Å²) in [4.78, 5) is 11.0. The highest BCUT2D eigenvalue weighted by Crippen LogP contribution is 2.29. The van der Waals surface area contributed by atoms with E-state index in [1.165, 1.54) is 12.1 Å². The van der Waals surface area contributed by atoms with Crippen molar-refractivity contribution in [2.75, 3.05) is 0 Å². The van der Waals surface area contributed by atoms with E-state index in [-0.39, 0.29) is 11.7 Å². The summed E-state index contributed by atoms with van der Waals surface area (Å²) in [5.74, 6) is -1.55. The van der Waals surface area contributed by atoms with E-state index < -0.39 is 33.8 Å². The Morgan fingerprint density at radius 2 is 1.75 bits per heavy atom. The number of hydrogen-bond acceptors (Lipinski definition) is 2. The maximum absolute atomic E-state index is 12.4. The second-order valence-corrected chi connectivity index (χ2v) is 6.28. The standard InChI is InChI=1S/C13H15F3O3S/c1-8(2)11(12(17)18)20(19)7-9-3-5-10(6-4-9)13(14,15)16/h3-6,8,11H,7H2,1-2H3,(H,17,18)/t11-,20-/m0/s1. The summed E-state index contributed by atoms with van der Waals surface area (Å²) in [5.41, 5.74) is -0.367. The molecule has 112 valence electrons. The molecule has 0 spiro atoms. The first-order chi connectivity index (χ1) is 9.12. The molecule has 0 bridgehead atoms. The highest BCUT2D eigenvalue weighted by molar-refractivity contribution is 7.85. The Balaban J connectivity index is 2.83. The molecule has 1 N–H and O–H groups in total. The molecule has 1 aromatic rings. The molecule has 0 unspecified atom stereocenters. The van der Waals surface area contributed by atoms with Crippen molar-refractivity contribution in [1.82, 2.24) is 0 Å². The third kappa shape index (κ3) is 4.33. The number of aliphatic carboxylic acids is 1. The monoisotopic (exact) mass is 308 g/mol. The van der Waals surface area contributed by atoms with Crippen molar-refractivity contribution in [3.8, 4) is 0 Å². The van der Waals surface area contributed by atoms with Crippen molar-refractivity contribution in [3.05, 3.63) is 35.4 Å². The lowest BCUT2D eigenvalue weighted by Gasteiger charge is -2.16. The minimum absolute atomic E-state index is 0.0761. The zero-order chi connectivity index (χ0) is 15.5. The number of hydrogen-bond donors (Lipinski definition) is 1. The molecule has 1 aromatic carbocycles. The van der Waals surface area contributed by atoms with Crippen molar-refractivity contribution < 1.29 is 27.3 Å². The summed E-state index contributed by atoms with van der Waals surface area (Å²) in [6.07, 6.45) is -4.42. The van der Waals surface area contributed by atoms with Gasteiger partial charge in [-0.2, -0.15) is 13.2 Å². The molecular formula is C13H15F3O3S. The Bertz CT molecular complexity index is 495. The van der Waals surface area contributed by atoms with Gasteiger partial charge in [0.05, 0.1) is 5.56 Å². The summed E-state index contributed by atoms with van der Waals surface area (Å²) >= 11 is 0. The second kappa shape index (κ2) is 6.39. The largest absolute Gasteiger partial charge is 0.480 e. The lowest BCUT2D eigenvalue weighted by Crippen LogP contribution is -2.31. The van der Waals surface area contributed by atoms with Crippen molar-refractivity contribution >= 4 is 16.8 Å². The number of rotatable bonds is 5. The highest BCUT2D eigenvalue weighted by atomic mass is 32.2. The van der Waals surface area contributed by atoms with E-state index in [4.69, 9.17) is 5.11 Å². The Labute approximate surface area is 117 Å². The van der Waals surface area contributed by atoms with Crippen molar-refractivity contribution in [3.63, 3.8) is 0 Å². The zero-order valence-electron chi connectivity index (χ0n) is 11.0. The SMILES string of the molecule is CC(C)[C@@H](C(=O)O)[S@@](=O)Cc1ccc(C(F)(F)F)cc1. The van der Waals surface area contributed by atoms with Crippen molar-refractivity contribution in [1.29, 1.82) is 0 Å². The molecule has 0 saturated heterocycles. The van der Waals surface area contributed by atoms with Gasteiger partial charge in [0.25, 0.3) is 0 Å². The van der Waals surface area contributed by atoms with E-state index in [0.29, 0.717) is 5.56 Å². The third-order valence-electron chi connectivity index (χ3n) is 2.72. The number of carbonyl (C=O) groups is 1. The van der Waals surface area contributed by atoms with Gasteiger partial charge in [-0.1, -0.05) is 26.0 Å². The van der Waals surface area contributed by atoms with Crippen LogP contribution in [0, 0.1) is 5.92 Å². The molecule has 0 amide bonds. The number of benzene rings is 1. The fourth-order valence-corrected chi connectivity index (χ4v) is 3.28. The van der Waals surface area contributed by atoms with Crippen LogP contribution in [0.15, 0.2) is 24.3 Å². The Kier molecular flexibility index (Phi) is 5.33. The van der Waals surface area contributed by atoms with Gasteiger partial charge in [-0.05, 0) is 23.6 Å². The van der Waals surface area contributed by atoms with Gasteiger partial charge in [-0.25, -0.2) is 0 Å². The molecule has 0 aliphatic rings. The fourth-order valence-electron chi connectivity index (χ4n) is 1.75. The third-order valence-corrected chi connectivity index (χ3v) is 4.65. The second-order valence-electron chi connectivity index (χ2n) is 4.72. The van der Waals surface area contributed by atoms with E-state index in [1.54, 1.807) is 13.8 Å². The minimum Gasteiger partial charge on any atom is -0.480 e. The summed E-state index contributed by atoms with van der Waals surface area (Å²) in [6, 6.07) is 4.25. The van der Waals surface area contributed by atoms with E-state index in [2.05, 4.69) is 0 Å².